The molecule has 0 spiro atoms. The molecule has 21 heavy (non-hydrogen) atoms. The number of carbonyl (C=O) groups is 1. The van der Waals surface area contributed by atoms with Gasteiger partial charge in [0.05, 0.1) is 0 Å². The van der Waals surface area contributed by atoms with Gasteiger partial charge in [0, 0.05) is 44.4 Å². The molecule has 2 atom stereocenters. The van der Waals surface area contributed by atoms with E-state index in [1.165, 1.54) is 0 Å². The molecule has 1 fully saturated rings. The fourth-order valence-electron chi connectivity index (χ4n) is 2.73. The molecule has 1 saturated carbocycles. The minimum Gasteiger partial charge on any atom is -0.396 e. The molecule has 1 amide bonds. The smallest absolute Gasteiger partial charge is 0.244 e. The summed E-state index contributed by atoms with van der Waals surface area (Å²) in [5.41, 5.74) is 2.13. The maximum atomic E-state index is 11.9. The fourth-order valence-corrected chi connectivity index (χ4v) is 2.73. The number of hydrogen-bond acceptors (Lipinski definition) is 3. The first-order valence-electron chi connectivity index (χ1n) is 7.47. The van der Waals surface area contributed by atoms with E-state index in [0.717, 1.165) is 30.5 Å². The molecule has 1 aromatic rings. The first-order chi connectivity index (χ1) is 10.1. The SMILES string of the molecule is CN(C)c1ccc(/C=C/C(=O)NC2CCCC2CO)cc1. The summed E-state index contributed by atoms with van der Waals surface area (Å²) in [6.45, 7) is 0.153. The highest BCUT2D eigenvalue weighted by Gasteiger charge is 2.27. The van der Waals surface area contributed by atoms with Crippen molar-refractivity contribution in [2.45, 2.75) is 25.3 Å². The number of nitrogens with one attached hydrogen (secondary N) is 1. The van der Waals surface area contributed by atoms with Crippen molar-refractivity contribution in [1.29, 1.82) is 0 Å². The van der Waals surface area contributed by atoms with Gasteiger partial charge in [-0.3, -0.25) is 4.79 Å². The summed E-state index contributed by atoms with van der Waals surface area (Å²) in [5, 5.41) is 12.2. The molecular weight excluding hydrogens is 264 g/mol. The van der Waals surface area contributed by atoms with E-state index in [1.54, 1.807) is 6.08 Å². The number of nitrogens with zero attached hydrogens (tertiary/aromatic N) is 1. The molecule has 0 bridgehead atoms. The van der Waals surface area contributed by atoms with Gasteiger partial charge in [-0.2, -0.15) is 0 Å². The molecule has 4 heteroatoms. The van der Waals surface area contributed by atoms with Crippen LogP contribution >= 0.6 is 0 Å². The van der Waals surface area contributed by atoms with Crippen LogP contribution in [0.5, 0.6) is 0 Å². The molecule has 2 unspecified atom stereocenters. The van der Waals surface area contributed by atoms with Crippen LogP contribution in [0.25, 0.3) is 6.08 Å². The lowest BCUT2D eigenvalue weighted by atomic mass is 10.1. The molecule has 2 N–H and O–H groups in total. The van der Waals surface area contributed by atoms with Gasteiger partial charge in [-0.15, -0.1) is 0 Å². The molecule has 0 aromatic heterocycles. The highest BCUT2D eigenvalue weighted by Crippen LogP contribution is 2.25. The Morgan fingerprint density at radius 2 is 2.05 bits per heavy atom. The van der Waals surface area contributed by atoms with E-state index in [1.807, 2.05) is 49.3 Å². The van der Waals surface area contributed by atoms with Crippen LogP contribution in [-0.2, 0) is 4.79 Å². The summed E-state index contributed by atoms with van der Waals surface area (Å²) >= 11 is 0. The zero-order valence-electron chi connectivity index (χ0n) is 12.7. The number of hydrogen-bond donors (Lipinski definition) is 2. The number of aliphatic hydroxyl groups is 1. The average molecular weight is 288 g/mol. The molecular formula is C17H24N2O2. The molecule has 1 aromatic carbocycles. The van der Waals surface area contributed by atoms with Gasteiger partial charge in [-0.05, 0) is 36.6 Å². The van der Waals surface area contributed by atoms with E-state index in [4.69, 9.17) is 0 Å². The average Bonchev–Trinajstić information content (AvgIpc) is 2.92. The van der Waals surface area contributed by atoms with Gasteiger partial charge in [-0.1, -0.05) is 18.6 Å². The van der Waals surface area contributed by atoms with Crippen molar-refractivity contribution in [1.82, 2.24) is 5.32 Å². The molecule has 0 heterocycles. The van der Waals surface area contributed by atoms with Gasteiger partial charge in [-0.25, -0.2) is 0 Å². The Hall–Kier alpha value is -1.81. The van der Waals surface area contributed by atoms with Gasteiger partial charge in [0.1, 0.15) is 0 Å². The van der Waals surface area contributed by atoms with Crippen LogP contribution < -0.4 is 10.2 Å². The molecule has 0 radical (unpaired) electrons. The fraction of sp³-hybridized carbons (Fsp3) is 0.471. The number of aliphatic hydroxyl groups excluding tert-OH is 1. The molecule has 0 saturated heterocycles. The Labute approximate surface area is 126 Å². The van der Waals surface area contributed by atoms with Crippen molar-refractivity contribution in [2.75, 3.05) is 25.6 Å². The van der Waals surface area contributed by atoms with Gasteiger partial charge < -0.3 is 15.3 Å². The second kappa shape index (κ2) is 7.27. The zero-order chi connectivity index (χ0) is 15.2. The summed E-state index contributed by atoms with van der Waals surface area (Å²) in [6.07, 6.45) is 6.42. The van der Waals surface area contributed by atoms with Gasteiger partial charge >= 0.3 is 0 Å². The largest absolute Gasteiger partial charge is 0.396 e. The second-order valence-corrected chi connectivity index (χ2v) is 5.81. The predicted octanol–water partition coefficient (Wildman–Crippen LogP) is 2.04. The van der Waals surface area contributed by atoms with Crippen molar-refractivity contribution in [3.8, 4) is 0 Å². The van der Waals surface area contributed by atoms with Gasteiger partial charge in [0.2, 0.25) is 5.91 Å². The third-order valence-corrected chi connectivity index (χ3v) is 4.06. The number of anilines is 1. The Kier molecular flexibility index (Phi) is 5.39. The lowest BCUT2D eigenvalue weighted by molar-refractivity contribution is -0.117. The Bertz CT molecular complexity index is 494. The lowest BCUT2D eigenvalue weighted by Crippen LogP contribution is -2.37. The van der Waals surface area contributed by atoms with Crippen LogP contribution in [-0.4, -0.2) is 37.8 Å². The van der Waals surface area contributed by atoms with E-state index >= 15 is 0 Å². The van der Waals surface area contributed by atoms with E-state index in [9.17, 15) is 9.90 Å². The normalized spacial score (nSPS) is 21.7. The van der Waals surface area contributed by atoms with Crippen molar-refractivity contribution >= 4 is 17.7 Å². The predicted molar refractivity (Wildman–Crippen MR) is 86.2 cm³/mol. The molecule has 114 valence electrons. The Morgan fingerprint density at radius 3 is 2.67 bits per heavy atom. The summed E-state index contributed by atoms with van der Waals surface area (Å²) in [6, 6.07) is 8.14. The third kappa shape index (κ3) is 4.33. The Balaban J connectivity index is 1.89. The number of amides is 1. The van der Waals surface area contributed by atoms with Crippen LogP contribution in [0.15, 0.2) is 30.3 Å². The van der Waals surface area contributed by atoms with Crippen LogP contribution in [0.2, 0.25) is 0 Å². The highest BCUT2D eigenvalue weighted by atomic mass is 16.3. The maximum absolute atomic E-state index is 11.9. The van der Waals surface area contributed by atoms with Crippen LogP contribution in [0.1, 0.15) is 24.8 Å². The molecule has 1 aliphatic carbocycles. The van der Waals surface area contributed by atoms with E-state index in [2.05, 4.69) is 5.32 Å². The minimum atomic E-state index is -0.0861. The monoisotopic (exact) mass is 288 g/mol. The molecule has 4 nitrogen and oxygen atoms in total. The summed E-state index contributed by atoms with van der Waals surface area (Å²) in [5.74, 6) is 0.124. The van der Waals surface area contributed by atoms with E-state index < -0.39 is 0 Å². The Morgan fingerprint density at radius 1 is 1.33 bits per heavy atom. The van der Waals surface area contributed by atoms with Gasteiger partial charge in [0.15, 0.2) is 0 Å². The summed E-state index contributed by atoms with van der Waals surface area (Å²) in [7, 11) is 3.99. The number of rotatable bonds is 5. The number of carbonyl (C=O) groups excluding carboxylic acids is 1. The van der Waals surface area contributed by atoms with Crippen LogP contribution in [0, 0.1) is 5.92 Å². The lowest BCUT2D eigenvalue weighted by Gasteiger charge is -2.17. The van der Waals surface area contributed by atoms with Crippen molar-refractivity contribution in [2.24, 2.45) is 5.92 Å². The molecule has 1 aliphatic rings. The second-order valence-electron chi connectivity index (χ2n) is 5.81. The first-order valence-corrected chi connectivity index (χ1v) is 7.47. The highest BCUT2D eigenvalue weighted by molar-refractivity contribution is 5.92. The van der Waals surface area contributed by atoms with Gasteiger partial charge in [0.25, 0.3) is 0 Å². The first kappa shape index (κ1) is 15.6. The van der Waals surface area contributed by atoms with E-state index in [-0.39, 0.29) is 24.5 Å². The van der Waals surface area contributed by atoms with Crippen LogP contribution in [0.3, 0.4) is 0 Å². The summed E-state index contributed by atoms with van der Waals surface area (Å²) in [4.78, 5) is 14.0. The maximum Gasteiger partial charge on any atom is 0.244 e. The van der Waals surface area contributed by atoms with Crippen molar-refractivity contribution in [3.05, 3.63) is 35.9 Å². The quantitative estimate of drug-likeness (QED) is 0.815. The van der Waals surface area contributed by atoms with Crippen LogP contribution in [0.4, 0.5) is 5.69 Å². The van der Waals surface area contributed by atoms with Crippen molar-refractivity contribution < 1.29 is 9.90 Å². The zero-order valence-corrected chi connectivity index (χ0v) is 12.7. The minimum absolute atomic E-state index is 0.0861. The summed E-state index contributed by atoms with van der Waals surface area (Å²) < 4.78 is 0. The molecule has 0 aliphatic heterocycles. The standard InChI is InChI=1S/C17H24N2O2/c1-19(2)15-9-6-13(7-10-15)8-11-17(21)18-16-5-3-4-14(16)12-20/h6-11,14,16,20H,3-5,12H2,1-2H3,(H,18,21)/b11-8+. The molecule has 2 rings (SSSR count). The van der Waals surface area contributed by atoms with Crippen molar-refractivity contribution in [3.63, 3.8) is 0 Å². The third-order valence-electron chi connectivity index (χ3n) is 4.06. The topological polar surface area (TPSA) is 52.6 Å². The number of benzene rings is 1. The van der Waals surface area contributed by atoms with E-state index in [0.29, 0.717) is 0 Å².